The summed E-state index contributed by atoms with van der Waals surface area (Å²) >= 11 is 0. The molecule has 0 atom stereocenters. The largest absolute Gasteiger partial charge is 0.497 e. The van der Waals surface area contributed by atoms with Gasteiger partial charge in [0.25, 0.3) is 0 Å². The summed E-state index contributed by atoms with van der Waals surface area (Å²) in [5.74, 6) is 1.97. The summed E-state index contributed by atoms with van der Waals surface area (Å²) in [6, 6.07) is 13.6. The number of nitrogens with zero attached hydrogens (tertiary/aromatic N) is 3. The number of anilines is 1. The number of fused-ring (bicyclic) bond motifs is 1. The van der Waals surface area contributed by atoms with Gasteiger partial charge in [0, 0.05) is 37.1 Å². The van der Waals surface area contributed by atoms with Gasteiger partial charge in [-0.25, -0.2) is 0 Å². The van der Waals surface area contributed by atoms with Gasteiger partial charge < -0.3 is 24.4 Å². The summed E-state index contributed by atoms with van der Waals surface area (Å²) in [5.41, 5.74) is 3.14. The van der Waals surface area contributed by atoms with Gasteiger partial charge in [0.05, 0.1) is 38.1 Å². The first-order valence-corrected chi connectivity index (χ1v) is 11.2. The number of amides is 1. The van der Waals surface area contributed by atoms with Crippen molar-refractivity contribution in [3.05, 3.63) is 53.7 Å². The number of rotatable bonds is 7. The van der Waals surface area contributed by atoms with E-state index in [-0.39, 0.29) is 11.8 Å². The molecule has 0 unspecified atom stereocenters. The van der Waals surface area contributed by atoms with E-state index in [1.54, 1.807) is 27.5 Å². The number of methoxy groups -OCH3 is 3. The molecule has 1 aliphatic rings. The Bertz CT molecular complexity index is 1230. The van der Waals surface area contributed by atoms with Crippen molar-refractivity contribution in [2.45, 2.75) is 19.4 Å². The molecule has 1 aliphatic heterocycles. The van der Waals surface area contributed by atoms with Gasteiger partial charge in [-0.15, -0.1) is 0 Å². The number of hydrogen-bond donors (Lipinski definition) is 1. The molecule has 1 aromatic heterocycles. The zero-order valence-electron chi connectivity index (χ0n) is 19.6. The maximum absolute atomic E-state index is 12.8. The normalized spacial score (nSPS) is 13.9. The molecule has 2 heterocycles. The maximum atomic E-state index is 12.8. The van der Waals surface area contributed by atoms with Gasteiger partial charge in [-0.2, -0.15) is 5.26 Å². The van der Waals surface area contributed by atoms with Crippen molar-refractivity contribution in [3.63, 3.8) is 0 Å². The molecule has 1 fully saturated rings. The second-order valence-electron chi connectivity index (χ2n) is 8.18. The minimum atomic E-state index is -0.0791. The summed E-state index contributed by atoms with van der Waals surface area (Å²) in [5, 5.41) is 13.6. The molecule has 4 rings (SSSR count). The smallest absolute Gasteiger partial charge is 0.223 e. The summed E-state index contributed by atoms with van der Waals surface area (Å²) < 4.78 is 16.0. The molecule has 1 N–H and O–H groups in total. The van der Waals surface area contributed by atoms with Gasteiger partial charge in [0.1, 0.15) is 11.8 Å². The van der Waals surface area contributed by atoms with E-state index >= 15 is 0 Å². The number of aromatic nitrogens is 1. The Kier molecular flexibility index (Phi) is 7.02. The molecule has 0 aliphatic carbocycles. The SMILES string of the molecule is COc1ccc2ncc(C#N)c(N3CCC(C(=O)NCc4ccc(OC)c(OC)c4)CC3)c2c1. The van der Waals surface area contributed by atoms with E-state index < -0.39 is 0 Å². The molecule has 2 aromatic carbocycles. The lowest BCUT2D eigenvalue weighted by Crippen LogP contribution is -2.40. The third kappa shape index (κ3) is 4.69. The van der Waals surface area contributed by atoms with E-state index in [0.29, 0.717) is 49.5 Å². The quantitative estimate of drug-likeness (QED) is 0.575. The van der Waals surface area contributed by atoms with E-state index in [4.69, 9.17) is 14.2 Å². The zero-order chi connectivity index (χ0) is 24.1. The predicted molar refractivity (Wildman–Crippen MR) is 129 cm³/mol. The first-order chi connectivity index (χ1) is 16.6. The van der Waals surface area contributed by atoms with Crippen molar-refractivity contribution in [2.24, 2.45) is 5.92 Å². The second-order valence-corrected chi connectivity index (χ2v) is 8.18. The Morgan fingerprint density at radius 2 is 1.85 bits per heavy atom. The molecule has 3 aromatic rings. The van der Waals surface area contributed by atoms with Gasteiger partial charge in [-0.3, -0.25) is 9.78 Å². The second kappa shape index (κ2) is 10.3. The molecular formula is C26H28N4O4. The molecule has 0 spiro atoms. The third-order valence-electron chi connectivity index (χ3n) is 6.26. The van der Waals surface area contributed by atoms with Crippen molar-refractivity contribution in [2.75, 3.05) is 39.3 Å². The van der Waals surface area contributed by atoms with Gasteiger partial charge in [-0.1, -0.05) is 6.07 Å². The van der Waals surface area contributed by atoms with Crippen LogP contribution in [0.25, 0.3) is 10.9 Å². The molecule has 8 nitrogen and oxygen atoms in total. The Morgan fingerprint density at radius 1 is 1.09 bits per heavy atom. The van der Waals surface area contributed by atoms with Crippen LogP contribution in [0.1, 0.15) is 24.0 Å². The minimum Gasteiger partial charge on any atom is -0.497 e. The van der Waals surface area contributed by atoms with Gasteiger partial charge in [-0.05, 0) is 48.7 Å². The number of piperidine rings is 1. The van der Waals surface area contributed by atoms with Gasteiger partial charge in [0.2, 0.25) is 5.91 Å². The fraction of sp³-hybridized carbons (Fsp3) is 0.346. The van der Waals surface area contributed by atoms with Crippen LogP contribution in [0.2, 0.25) is 0 Å². The number of nitriles is 1. The lowest BCUT2D eigenvalue weighted by Gasteiger charge is -2.34. The molecule has 176 valence electrons. The number of ether oxygens (including phenoxy) is 3. The number of nitrogens with one attached hydrogen (secondary N) is 1. The highest BCUT2D eigenvalue weighted by Gasteiger charge is 2.27. The fourth-order valence-electron chi connectivity index (χ4n) is 4.40. The Hall–Kier alpha value is -3.99. The third-order valence-corrected chi connectivity index (χ3v) is 6.26. The van der Waals surface area contributed by atoms with Crippen molar-refractivity contribution in [3.8, 4) is 23.3 Å². The maximum Gasteiger partial charge on any atom is 0.223 e. The molecule has 0 radical (unpaired) electrons. The Morgan fingerprint density at radius 3 is 2.53 bits per heavy atom. The number of carbonyl (C=O) groups is 1. The van der Waals surface area contributed by atoms with Crippen molar-refractivity contribution in [1.82, 2.24) is 10.3 Å². The first kappa shape index (κ1) is 23.2. The molecule has 1 saturated heterocycles. The monoisotopic (exact) mass is 460 g/mol. The number of hydrogen-bond acceptors (Lipinski definition) is 7. The van der Waals surface area contributed by atoms with Crippen molar-refractivity contribution < 1.29 is 19.0 Å². The first-order valence-electron chi connectivity index (χ1n) is 11.2. The lowest BCUT2D eigenvalue weighted by atomic mass is 9.94. The van der Waals surface area contributed by atoms with E-state index in [1.165, 1.54) is 0 Å². The molecule has 0 saturated carbocycles. The van der Waals surface area contributed by atoms with E-state index in [2.05, 4.69) is 21.3 Å². The molecule has 34 heavy (non-hydrogen) atoms. The van der Waals surface area contributed by atoms with E-state index in [0.717, 1.165) is 27.9 Å². The average Bonchev–Trinajstić information content (AvgIpc) is 2.90. The highest BCUT2D eigenvalue weighted by atomic mass is 16.5. The summed E-state index contributed by atoms with van der Waals surface area (Å²) in [4.78, 5) is 19.4. The van der Waals surface area contributed by atoms with Crippen LogP contribution >= 0.6 is 0 Å². The fourth-order valence-corrected chi connectivity index (χ4v) is 4.40. The van der Waals surface area contributed by atoms with Crippen LogP contribution in [-0.4, -0.2) is 45.3 Å². The van der Waals surface area contributed by atoms with E-state index in [1.807, 2.05) is 36.4 Å². The summed E-state index contributed by atoms with van der Waals surface area (Å²) in [7, 11) is 4.80. The predicted octanol–water partition coefficient (Wildman–Crippen LogP) is 3.67. The summed E-state index contributed by atoms with van der Waals surface area (Å²) in [6.07, 6.45) is 3.03. The molecular weight excluding hydrogens is 432 g/mol. The van der Waals surface area contributed by atoms with E-state index in [9.17, 15) is 10.1 Å². The number of carbonyl (C=O) groups excluding carboxylic acids is 1. The van der Waals surface area contributed by atoms with Crippen LogP contribution in [0.15, 0.2) is 42.6 Å². The standard InChI is InChI=1S/C26H28N4O4/c1-32-20-5-6-22-21(13-20)25(19(14-27)16-28-22)30-10-8-18(9-11-30)26(31)29-15-17-4-7-23(33-2)24(12-17)34-3/h4-7,12-13,16,18H,8-11,15H2,1-3H3,(H,29,31). The molecule has 8 heteroatoms. The van der Waals surface area contributed by atoms with Crippen LogP contribution in [0.4, 0.5) is 5.69 Å². The van der Waals surface area contributed by atoms with Gasteiger partial charge >= 0.3 is 0 Å². The highest BCUT2D eigenvalue weighted by Crippen LogP contribution is 2.34. The Labute approximate surface area is 199 Å². The summed E-state index contributed by atoms with van der Waals surface area (Å²) in [6.45, 7) is 1.78. The minimum absolute atomic E-state index is 0.0381. The lowest BCUT2D eigenvalue weighted by molar-refractivity contribution is -0.125. The molecule has 1 amide bonds. The highest BCUT2D eigenvalue weighted by molar-refractivity contribution is 5.95. The Balaban J connectivity index is 1.43. The number of benzene rings is 2. The van der Waals surface area contributed by atoms with Crippen molar-refractivity contribution in [1.29, 1.82) is 5.26 Å². The van der Waals surface area contributed by atoms with Crippen LogP contribution in [0, 0.1) is 17.2 Å². The van der Waals surface area contributed by atoms with Crippen LogP contribution in [-0.2, 0) is 11.3 Å². The zero-order valence-corrected chi connectivity index (χ0v) is 19.6. The van der Waals surface area contributed by atoms with Crippen LogP contribution in [0.5, 0.6) is 17.2 Å². The number of pyridine rings is 1. The van der Waals surface area contributed by atoms with Crippen LogP contribution in [0.3, 0.4) is 0 Å². The van der Waals surface area contributed by atoms with Gasteiger partial charge in [0.15, 0.2) is 11.5 Å². The topological polar surface area (TPSA) is 96.7 Å². The van der Waals surface area contributed by atoms with Crippen molar-refractivity contribution >= 4 is 22.5 Å². The average molecular weight is 461 g/mol. The molecule has 0 bridgehead atoms. The van der Waals surface area contributed by atoms with Crippen LogP contribution < -0.4 is 24.4 Å².